The molecule has 0 saturated carbocycles. The average molecular weight is 557 g/mol. The molecule has 0 spiro atoms. The number of sulfonamides is 1. The molecule has 0 bridgehead atoms. The van der Waals surface area contributed by atoms with Crippen LogP contribution in [0.25, 0.3) is 0 Å². The predicted octanol–water partition coefficient (Wildman–Crippen LogP) is 5.18. The second-order valence-electron chi connectivity index (χ2n) is 8.73. The van der Waals surface area contributed by atoms with Gasteiger partial charge in [0.15, 0.2) is 0 Å². The highest BCUT2D eigenvalue weighted by molar-refractivity contribution is 7.92. The van der Waals surface area contributed by atoms with Crippen molar-refractivity contribution in [1.82, 2.24) is 10.2 Å². The van der Waals surface area contributed by atoms with Gasteiger partial charge in [-0.15, -0.1) is 0 Å². The van der Waals surface area contributed by atoms with Gasteiger partial charge in [0.1, 0.15) is 6.04 Å². The molecule has 2 aromatic rings. The summed E-state index contributed by atoms with van der Waals surface area (Å²) in [7, 11) is -3.60. The summed E-state index contributed by atoms with van der Waals surface area (Å²) >= 11 is 12.1. The van der Waals surface area contributed by atoms with E-state index < -0.39 is 16.1 Å². The minimum absolute atomic E-state index is 0.0801. The molecule has 0 fully saturated rings. The molecule has 0 aliphatic carbocycles. The summed E-state index contributed by atoms with van der Waals surface area (Å²) in [6.07, 6.45) is 2.73. The maximum atomic E-state index is 13.4. The minimum Gasteiger partial charge on any atom is -0.354 e. The number of aryl methyl sites for hydroxylation is 1. The number of hydrogen-bond acceptors (Lipinski definition) is 4. The van der Waals surface area contributed by atoms with Crippen molar-refractivity contribution in [3.63, 3.8) is 0 Å². The number of amides is 2. The van der Waals surface area contributed by atoms with Crippen LogP contribution in [0, 0.1) is 6.92 Å². The largest absolute Gasteiger partial charge is 0.354 e. The van der Waals surface area contributed by atoms with Gasteiger partial charge in [0.25, 0.3) is 0 Å². The van der Waals surface area contributed by atoms with Crippen molar-refractivity contribution in [2.24, 2.45) is 0 Å². The van der Waals surface area contributed by atoms with Crippen LogP contribution in [0.3, 0.4) is 0 Å². The Bertz CT molecular complexity index is 1140. The van der Waals surface area contributed by atoms with Crippen molar-refractivity contribution in [3.05, 3.63) is 63.6 Å². The standard InChI is InChI=1S/C26H35Cl2N3O4S/c1-5-15-29-26(33)23(6-2)30(18-20-10-13-21(27)14-11-20)25(32)8-7-16-31(36(4,34)35)24-17-22(28)12-9-19(24)3/h9-14,17,23H,5-8,15-16,18H2,1-4H3,(H,29,33)/t23-/m1/s1. The molecule has 0 radical (unpaired) electrons. The van der Waals surface area contributed by atoms with Crippen LogP contribution in [0.15, 0.2) is 42.5 Å². The van der Waals surface area contributed by atoms with E-state index in [0.29, 0.717) is 28.7 Å². The fourth-order valence-electron chi connectivity index (χ4n) is 3.91. The number of rotatable bonds is 13. The Morgan fingerprint density at radius 1 is 1.03 bits per heavy atom. The van der Waals surface area contributed by atoms with Crippen molar-refractivity contribution in [1.29, 1.82) is 0 Å². The summed E-state index contributed by atoms with van der Waals surface area (Å²) in [5.41, 5.74) is 2.10. The second-order valence-corrected chi connectivity index (χ2v) is 11.5. The summed E-state index contributed by atoms with van der Waals surface area (Å²) in [5, 5.41) is 3.90. The molecule has 2 amide bonds. The van der Waals surface area contributed by atoms with Crippen LogP contribution in [0.4, 0.5) is 5.69 Å². The Morgan fingerprint density at radius 2 is 1.67 bits per heavy atom. The third-order valence-electron chi connectivity index (χ3n) is 5.79. The molecule has 1 atom stereocenters. The maximum Gasteiger partial charge on any atom is 0.242 e. The van der Waals surface area contributed by atoms with Gasteiger partial charge in [0.2, 0.25) is 21.8 Å². The van der Waals surface area contributed by atoms with Gasteiger partial charge in [-0.05, 0) is 61.6 Å². The molecule has 0 aliphatic rings. The number of anilines is 1. The number of nitrogens with one attached hydrogen (secondary N) is 1. The monoisotopic (exact) mass is 555 g/mol. The molecule has 0 aliphatic heterocycles. The van der Waals surface area contributed by atoms with Gasteiger partial charge in [-0.3, -0.25) is 13.9 Å². The molecule has 198 valence electrons. The number of carbonyl (C=O) groups excluding carboxylic acids is 2. The third kappa shape index (κ3) is 8.68. The lowest BCUT2D eigenvalue weighted by atomic mass is 10.1. The first kappa shape index (κ1) is 29.9. The van der Waals surface area contributed by atoms with Gasteiger partial charge in [-0.1, -0.05) is 55.2 Å². The fourth-order valence-corrected chi connectivity index (χ4v) is 5.21. The lowest BCUT2D eigenvalue weighted by Crippen LogP contribution is -2.49. The molecule has 0 heterocycles. The zero-order valence-corrected chi connectivity index (χ0v) is 23.6. The number of carbonyl (C=O) groups is 2. The van der Waals surface area contributed by atoms with Gasteiger partial charge in [-0.2, -0.15) is 0 Å². The Hall–Kier alpha value is -2.29. The Balaban J connectivity index is 2.23. The van der Waals surface area contributed by atoms with E-state index in [2.05, 4.69) is 5.32 Å². The first-order valence-corrected chi connectivity index (χ1v) is 14.6. The lowest BCUT2D eigenvalue weighted by Gasteiger charge is -2.31. The fraction of sp³-hybridized carbons (Fsp3) is 0.462. The van der Waals surface area contributed by atoms with E-state index in [9.17, 15) is 18.0 Å². The van der Waals surface area contributed by atoms with Gasteiger partial charge in [0.05, 0.1) is 11.9 Å². The number of nitrogens with zero attached hydrogens (tertiary/aromatic N) is 2. The maximum absolute atomic E-state index is 13.4. The van der Waals surface area contributed by atoms with E-state index in [1.54, 1.807) is 35.2 Å². The molecule has 36 heavy (non-hydrogen) atoms. The van der Waals surface area contributed by atoms with Crippen LogP contribution in [-0.4, -0.2) is 50.5 Å². The SMILES string of the molecule is CCCNC(=O)[C@@H](CC)N(Cc1ccc(Cl)cc1)C(=O)CCCN(c1cc(Cl)ccc1C)S(C)(=O)=O. The van der Waals surface area contributed by atoms with Crippen molar-refractivity contribution in [2.45, 2.75) is 59.0 Å². The van der Waals surface area contributed by atoms with Crippen LogP contribution >= 0.6 is 23.2 Å². The first-order chi connectivity index (χ1) is 17.0. The molecular weight excluding hydrogens is 521 g/mol. The van der Waals surface area contributed by atoms with Crippen LogP contribution < -0.4 is 9.62 Å². The quantitative estimate of drug-likeness (QED) is 0.368. The topological polar surface area (TPSA) is 86.8 Å². The summed E-state index contributed by atoms with van der Waals surface area (Å²) < 4.78 is 26.4. The van der Waals surface area contributed by atoms with Crippen LogP contribution in [0.5, 0.6) is 0 Å². The molecule has 10 heteroatoms. The molecular formula is C26H35Cl2N3O4S. The highest BCUT2D eigenvalue weighted by Gasteiger charge is 2.29. The molecule has 2 rings (SSSR count). The van der Waals surface area contributed by atoms with Crippen molar-refractivity contribution in [2.75, 3.05) is 23.7 Å². The molecule has 1 N–H and O–H groups in total. The van der Waals surface area contributed by atoms with Crippen LogP contribution in [0.1, 0.15) is 50.7 Å². The smallest absolute Gasteiger partial charge is 0.242 e. The normalized spacial score (nSPS) is 12.2. The lowest BCUT2D eigenvalue weighted by molar-refractivity contribution is -0.141. The van der Waals surface area contributed by atoms with Gasteiger partial charge >= 0.3 is 0 Å². The molecule has 0 saturated heterocycles. The average Bonchev–Trinajstić information content (AvgIpc) is 2.82. The third-order valence-corrected chi connectivity index (χ3v) is 7.46. The summed E-state index contributed by atoms with van der Waals surface area (Å²) in [5.74, 6) is -0.423. The van der Waals surface area contributed by atoms with Crippen molar-refractivity contribution >= 4 is 50.7 Å². The Morgan fingerprint density at radius 3 is 2.25 bits per heavy atom. The molecule has 0 unspecified atom stereocenters. The van der Waals surface area contributed by atoms with E-state index in [4.69, 9.17) is 23.2 Å². The molecule has 7 nitrogen and oxygen atoms in total. The van der Waals surface area contributed by atoms with E-state index in [1.165, 1.54) is 4.31 Å². The second kappa shape index (κ2) is 13.9. The Labute approximate surface area is 224 Å². The zero-order chi connectivity index (χ0) is 26.9. The predicted molar refractivity (Wildman–Crippen MR) is 147 cm³/mol. The van der Waals surface area contributed by atoms with Crippen LogP contribution in [-0.2, 0) is 26.2 Å². The van der Waals surface area contributed by atoms with Crippen LogP contribution in [0.2, 0.25) is 10.0 Å². The Kier molecular flexibility index (Phi) is 11.5. The highest BCUT2D eigenvalue weighted by atomic mass is 35.5. The molecule has 0 aromatic heterocycles. The minimum atomic E-state index is -3.60. The van der Waals surface area contributed by atoms with E-state index in [0.717, 1.165) is 23.8 Å². The number of benzene rings is 2. The van der Waals surface area contributed by atoms with E-state index >= 15 is 0 Å². The highest BCUT2D eigenvalue weighted by Crippen LogP contribution is 2.27. The van der Waals surface area contributed by atoms with Gasteiger partial charge in [0, 0.05) is 36.1 Å². The van der Waals surface area contributed by atoms with E-state index in [-0.39, 0.29) is 37.7 Å². The van der Waals surface area contributed by atoms with Crippen molar-refractivity contribution < 1.29 is 18.0 Å². The number of halogens is 2. The number of hydrogen-bond donors (Lipinski definition) is 1. The van der Waals surface area contributed by atoms with Crippen molar-refractivity contribution in [3.8, 4) is 0 Å². The summed E-state index contributed by atoms with van der Waals surface area (Å²) in [6, 6.07) is 11.6. The summed E-state index contributed by atoms with van der Waals surface area (Å²) in [6.45, 7) is 6.53. The van der Waals surface area contributed by atoms with Gasteiger partial charge in [-0.25, -0.2) is 8.42 Å². The van der Waals surface area contributed by atoms with E-state index in [1.807, 2.05) is 32.9 Å². The zero-order valence-electron chi connectivity index (χ0n) is 21.3. The summed E-state index contributed by atoms with van der Waals surface area (Å²) in [4.78, 5) is 27.9. The first-order valence-electron chi connectivity index (χ1n) is 12.0. The molecule has 2 aromatic carbocycles. The van der Waals surface area contributed by atoms with Gasteiger partial charge < -0.3 is 10.2 Å².